The van der Waals surface area contributed by atoms with Gasteiger partial charge in [0, 0.05) is 32.4 Å². The van der Waals surface area contributed by atoms with E-state index in [0.29, 0.717) is 36.0 Å². The van der Waals surface area contributed by atoms with Gasteiger partial charge in [0.1, 0.15) is 11.0 Å². The molecule has 29 heavy (non-hydrogen) atoms. The first-order chi connectivity index (χ1) is 14.0. The molecule has 1 saturated heterocycles. The van der Waals surface area contributed by atoms with E-state index in [1.54, 1.807) is 10.9 Å². The van der Waals surface area contributed by atoms with Crippen molar-refractivity contribution in [1.82, 2.24) is 19.7 Å². The molecule has 0 atom stereocenters. The van der Waals surface area contributed by atoms with Gasteiger partial charge in [0.15, 0.2) is 0 Å². The van der Waals surface area contributed by atoms with E-state index in [1.807, 2.05) is 30.0 Å². The summed E-state index contributed by atoms with van der Waals surface area (Å²) in [4.78, 5) is 21.6. The second-order valence-corrected chi connectivity index (χ2v) is 7.72. The van der Waals surface area contributed by atoms with Crippen LogP contribution in [0.5, 0.6) is 0 Å². The zero-order valence-electron chi connectivity index (χ0n) is 16.7. The van der Waals surface area contributed by atoms with Crippen LogP contribution < -0.4 is 4.90 Å². The lowest BCUT2D eigenvalue weighted by Crippen LogP contribution is -2.49. The predicted octanol–water partition coefficient (Wildman–Crippen LogP) is 3.56. The van der Waals surface area contributed by atoms with Gasteiger partial charge < -0.3 is 9.80 Å². The van der Waals surface area contributed by atoms with E-state index >= 15 is 0 Å². The van der Waals surface area contributed by atoms with Crippen molar-refractivity contribution >= 4 is 23.3 Å². The molecule has 0 unspecified atom stereocenters. The average Bonchev–Trinajstić information content (AvgIpc) is 3.03. The summed E-state index contributed by atoms with van der Waals surface area (Å²) in [6.07, 6.45) is 1.79. The number of halogens is 1. The highest BCUT2D eigenvalue weighted by atomic mass is 35.5. The molecule has 1 aliphatic rings. The molecule has 3 heterocycles. The van der Waals surface area contributed by atoms with Gasteiger partial charge in [-0.25, -0.2) is 9.67 Å². The summed E-state index contributed by atoms with van der Waals surface area (Å²) in [5, 5.41) is 4.93. The largest absolute Gasteiger partial charge is 0.353 e. The molecule has 2 aromatic heterocycles. The van der Waals surface area contributed by atoms with Crippen LogP contribution in [0, 0.1) is 13.8 Å². The Morgan fingerprint density at radius 3 is 2.41 bits per heavy atom. The molecule has 1 aliphatic heterocycles. The number of aromatic nitrogens is 3. The lowest BCUT2D eigenvalue weighted by Gasteiger charge is -2.35. The second-order valence-electron chi connectivity index (χ2n) is 7.36. The Balaban J connectivity index is 1.46. The second kappa shape index (κ2) is 8.25. The van der Waals surface area contributed by atoms with E-state index in [2.05, 4.69) is 46.2 Å². The Labute approximate surface area is 175 Å². The number of amides is 1. The van der Waals surface area contributed by atoms with Crippen molar-refractivity contribution in [3.8, 4) is 0 Å². The fraction of sp³-hybridized carbons (Fsp3) is 0.318. The van der Waals surface area contributed by atoms with E-state index in [0.717, 1.165) is 24.5 Å². The smallest absolute Gasteiger partial charge is 0.259 e. The zero-order valence-corrected chi connectivity index (χ0v) is 17.4. The quantitative estimate of drug-likeness (QED) is 0.661. The molecule has 0 saturated carbocycles. The minimum absolute atomic E-state index is 0.0525. The first-order valence-corrected chi connectivity index (χ1v) is 10.1. The lowest BCUT2D eigenvalue weighted by molar-refractivity contribution is 0.0746. The van der Waals surface area contributed by atoms with Gasteiger partial charge in [-0.15, -0.1) is 0 Å². The fourth-order valence-electron chi connectivity index (χ4n) is 3.61. The van der Waals surface area contributed by atoms with E-state index < -0.39 is 0 Å². The van der Waals surface area contributed by atoms with Crippen molar-refractivity contribution in [3.05, 3.63) is 76.2 Å². The molecule has 0 N–H and O–H groups in total. The number of carbonyl (C=O) groups excluding carboxylic acids is 1. The monoisotopic (exact) mass is 409 g/mol. The number of nitrogens with zero attached hydrogens (tertiary/aromatic N) is 5. The standard InChI is InChI=1S/C22H24ClN5O/c1-16-6-8-18(9-7-16)15-28-21(23)20(17(2)25-28)22(29)27-13-11-26(12-14-27)19-5-3-4-10-24-19/h3-10H,11-15H2,1-2H3. The van der Waals surface area contributed by atoms with Crippen LogP contribution in [0.4, 0.5) is 5.82 Å². The summed E-state index contributed by atoms with van der Waals surface area (Å²) in [5.41, 5.74) is 3.48. The number of hydrogen-bond acceptors (Lipinski definition) is 4. The number of pyridine rings is 1. The first kappa shape index (κ1) is 19.5. The molecule has 7 heteroatoms. The third-order valence-corrected chi connectivity index (χ3v) is 5.66. The van der Waals surface area contributed by atoms with Gasteiger partial charge >= 0.3 is 0 Å². The Hall–Kier alpha value is -2.86. The minimum atomic E-state index is -0.0525. The highest BCUT2D eigenvalue weighted by Gasteiger charge is 2.28. The highest BCUT2D eigenvalue weighted by molar-refractivity contribution is 6.33. The van der Waals surface area contributed by atoms with Crippen LogP contribution >= 0.6 is 11.6 Å². The van der Waals surface area contributed by atoms with Crippen LogP contribution in [0.15, 0.2) is 48.7 Å². The van der Waals surface area contributed by atoms with Crippen LogP contribution in [0.25, 0.3) is 0 Å². The third-order valence-electron chi connectivity index (χ3n) is 5.27. The maximum atomic E-state index is 13.1. The number of anilines is 1. The van der Waals surface area contributed by atoms with Crippen molar-refractivity contribution in [1.29, 1.82) is 0 Å². The Kier molecular flexibility index (Phi) is 5.53. The van der Waals surface area contributed by atoms with Gasteiger partial charge in [-0.1, -0.05) is 47.5 Å². The Bertz CT molecular complexity index is 992. The minimum Gasteiger partial charge on any atom is -0.353 e. The molecule has 6 nitrogen and oxygen atoms in total. The molecule has 1 fully saturated rings. The maximum absolute atomic E-state index is 13.1. The van der Waals surface area contributed by atoms with Crippen molar-refractivity contribution in [3.63, 3.8) is 0 Å². The summed E-state index contributed by atoms with van der Waals surface area (Å²) < 4.78 is 1.71. The summed E-state index contributed by atoms with van der Waals surface area (Å²) >= 11 is 6.58. The number of hydrogen-bond donors (Lipinski definition) is 0. The highest BCUT2D eigenvalue weighted by Crippen LogP contribution is 2.24. The molecule has 1 aromatic carbocycles. The summed E-state index contributed by atoms with van der Waals surface area (Å²) in [7, 11) is 0. The van der Waals surface area contributed by atoms with Gasteiger partial charge in [-0.05, 0) is 31.5 Å². The Morgan fingerprint density at radius 1 is 1.03 bits per heavy atom. The molecule has 3 aromatic rings. The van der Waals surface area contributed by atoms with Crippen LogP contribution in [-0.2, 0) is 6.54 Å². The van der Waals surface area contributed by atoms with Crippen molar-refractivity contribution in [2.45, 2.75) is 20.4 Å². The van der Waals surface area contributed by atoms with Crippen molar-refractivity contribution < 1.29 is 4.79 Å². The fourth-order valence-corrected chi connectivity index (χ4v) is 3.92. The molecule has 150 valence electrons. The summed E-state index contributed by atoms with van der Waals surface area (Å²) in [6.45, 7) is 7.20. The number of piperazine rings is 1. The van der Waals surface area contributed by atoms with E-state index in [9.17, 15) is 4.79 Å². The van der Waals surface area contributed by atoms with Gasteiger partial charge in [-0.2, -0.15) is 5.10 Å². The molecule has 4 rings (SSSR count). The predicted molar refractivity (Wildman–Crippen MR) is 115 cm³/mol. The molecular weight excluding hydrogens is 386 g/mol. The van der Waals surface area contributed by atoms with E-state index in [-0.39, 0.29) is 5.91 Å². The van der Waals surface area contributed by atoms with Gasteiger partial charge in [-0.3, -0.25) is 4.79 Å². The van der Waals surface area contributed by atoms with Crippen molar-refractivity contribution in [2.75, 3.05) is 31.1 Å². The lowest BCUT2D eigenvalue weighted by atomic mass is 10.1. The zero-order chi connectivity index (χ0) is 20.4. The van der Waals surface area contributed by atoms with E-state index in [4.69, 9.17) is 11.6 Å². The molecule has 0 bridgehead atoms. The molecule has 1 amide bonds. The first-order valence-electron chi connectivity index (χ1n) is 9.76. The topological polar surface area (TPSA) is 54.3 Å². The van der Waals surface area contributed by atoms with Gasteiger partial charge in [0.2, 0.25) is 0 Å². The molecule has 0 radical (unpaired) electrons. The van der Waals surface area contributed by atoms with Crippen LogP contribution in [-0.4, -0.2) is 51.8 Å². The van der Waals surface area contributed by atoms with Gasteiger partial charge in [0.25, 0.3) is 5.91 Å². The van der Waals surface area contributed by atoms with Crippen molar-refractivity contribution in [2.24, 2.45) is 0 Å². The summed E-state index contributed by atoms with van der Waals surface area (Å²) in [5.74, 6) is 0.892. The number of benzene rings is 1. The van der Waals surface area contributed by atoms with E-state index in [1.165, 1.54) is 5.56 Å². The van der Waals surface area contributed by atoms with Gasteiger partial charge in [0.05, 0.1) is 17.8 Å². The number of aryl methyl sites for hydroxylation is 2. The number of rotatable bonds is 4. The molecule has 0 aliphatic carbocycles. The normalized spacial score (nSPS) is 14.3. The summed E-state index contributed by atoms with van der Waals surface area (Å²) in [6, 6.07) is 14.1. The maximum Gasteiger partial charge on any atom is 0.259 e. The SMILES string of the molecule is Cc1ccc(Cn2nc(C)c(C(=O)N3CCN(c4ccccn4)CC3)c2Cl)cc1. The van der Waals surface area contributed by atoms with Crippen LogP contribution in [0.3, 0.4) is 0 Å². The molecule has 0 spiro atoms. The number of carbonyl (C=O) groups is 1. The van der Waals surface area contributed by atoms with Crippen LogP contribution in [0.1, 0.15) is 27.2 Å². The third kappa shape index (κ3) is 4.12. The Morgan fingerprint density at radius 2 is 1.76 bits per heavy atom. The van der Waals surface area contributed by atoms with Crippen LogP contribution in [0.2, 0.25) is 5.15 Å². The average molecular weight is 410 g/mol. The molecular formula is C22H24ClN5O.